The predicted octanol–water partition coefficient (Wildman–Crippen LogP) is 3.63. The van der Waals surface area contributed by atoms with E-state index >= 15 is 0 Å². The number of benzene rings is 1. The molecule has 110 valence electrons. The molecule has 0 amide bonds. The van der Waals surface area contributed by atoms with Crippen LogP contribution < -0.4 is 4.90 Å². The van der Waals surface area contributed by atoms with Crippen LogP contribution in [0.25, 0.3) is 0 Å². The molecule has 0 saturated carbocycles. The smallest absolute Gasteiger partial charge is 0.182 e. The number of hydrogen-bond donors (Lipinski definition) is 0. The minimum absolute atomic E-state index is 0.0676. The van der Waals surface area contributed by atoms with Crippen molar-refractivity contribution in [2.75, 3.05) is 18.0 Å². The third kappa shape index (κ3) is 3.88. The molecule has 0 radical (unpaired) electrons. The van der Waals surface area contributed by atoms with Crippen molar-refractivity contribution >= 4 is 11.5 Å². The van der Waals surface area contributed by atoms with E-state index in [0.717, 1.165) is 18.4 Å². The van der Waals surface area contributed by atoms with E-state index in [1.165, 1.54) is 17.7 Å². The Labute approximate surface area is 124 Å². The van der Waals surface area contributed by atoms with E-state index in [4.69, 9.17) is 0 Å². The van der Waals surface area contributed by atoms with Crippen molar-refractivity contribution in [2.24, 2.45) is 0 Å². The first-order valence-electron chi connectivity index (χ1n) is 7.07. The summed E-state index contributed by atoms with van der Waals surface area (Å²) in [6, 6.07) is 10.8. The number of nitrogens with zero attached hydrogens (tertiary/aromatic N) is 2. The van der Waals surface area contributed by atoms with E-state index in [1.54, 1.807) is 0 Å². The summed E-state index contributed by atoms with van der Waals surface area (Å²) in [5, 5.41) is 0. The molecule has 0 unspecified atom stereocenters. The van der Waals surface area contributed by atoms with Crippen LogP contribution in [0.4, 0.5) is 10.1 Å². The van der Waals surface area contributed by atoms with Crippen molar-refractivity contribution in [2.45, 2.75) is 20.3 Å². The second-order valence-electron chi connectivity index (χ2n) is 4.90. The monoisotopic (exact) mass is 286 g/mol. The minimum atomic E-state index is -0.429. The average molecular weight is 286 g/mol. The molecule has 0 aliphatic carbocycles. The molecule has 2 rings (SSSR count). The van der Waals surface area contributed by atoms with Gasteiger partial charge in [-0.15, -0.1) is 0 Å². The number of halogens is 1. The predicted molar refractivity (Wildman–Crippen MR) is 82.2 cm³/mol. The van der Waals surface area contributed by atoms with Gasteiger partial charge >= 0.3 is 0 Å². The third-order valence-corrected chi connectivity index (χ3v) is 3.46. The van der Waals surface area contributed by atoms with E-state index in [9.17, 15) is 9.18 Å². The maximum Gasteiger partial charge on any atom is 0.182 e. The number of para-hydroxylation sites is 1. The summed E-state index contributed by atoms with van der Waals surface area (Å²) in [6.07, 6.45) is 1.44. The Balaban J connectivity index is 2.02. The second kappa shape index (κ2) is 6.97. The quantitative estimate of drug-likeness (QED) is 0.760. The molecule has 0 spiro atoms. The van der Waals surface area contributed by atoms with Crippen LogP contribution in [0.3, 0.4) is 0 Å². The maximum atomic E-state index is 12.8. The number of Topliss-reactive ketones (excluding diaryl/α,β-unsaturated/α-hetero) is 1. The van der Waals surface area contributed by atoms with Gasteiger partial charge in [0.05, 0.1) is 6.20 Å². The number of carbonyl (C=O) groups excluding carboxylic acids is 1. The zero-order valence-corrected chi connectivity index (χ0v) is 12.3. The highest BCUT2D eigenvalue weighted by Crippen LogP contribution is 2.19. The van der Waals surface area contributed by atoms with Gasteiger partial charge < -0.3 is 4.90 Å². The topological polar surface area (TPSA) is 33.2 Å². The molecule has 1 aromatic carbocycles. The first-order chi connectivity index (χ1) is 10.1. The van der Waals surface area contributed by atoms with E-state index in [1.807, 2.05) is 12.1 Å². The molecule has 0 saturated heterocycles. The molecular formula is C17H19FN2O. The van der Waals surface area contributed by atoms with Gasteiger partial charge in [0.2, 0.25) is 0 Å². The molecular weight excluding hydrogens is 267 g/mol. The lowest BCUT2D eigenvalue weighted by Crippen LogP contribution is -2.26. The molecule has 21 heavy (non-hydrogen) atoms. The zero-order chi connectivity index (χ0) is 15.2. The van der Waals surface area contributed by atoms with Gasteiger partial charge in [0.15, 0.2) is 5.78 Å². The third-order valence-electron chi connectivity index (χ3n) is 3.46. The molecule has 0 N–H and O–H groups in total. The van der Waals surface area contributed by atoms with E-state index in [2.05, 4.69) is 35.9 Å². The summed E-state index contributed by atoms with van der Waals surface area (Å²) < 4.78 is 12.8. The average Bonchev–Trinajstić information content (AvgIpc) is 2.50. The summed E-state index contributed by atoms with van der Waals surface area (Å²) in [7, 11) is 0. The summed E-state index contributed by atoms with van der Waals surface area (Å²) >= 11 is 0. The van der Waals surface area contributed by atoms with Gasteiger partial charge in [0.25, 0.3) is 0 Å². The molecule has 0 aliphatic heterocycles. The summed E-state index contributed by atoms with van der Waals surface area (Å²) in [5.41, 5.74) is 2.64. The standard InChI is InChI=1S/C17H19FN2O/c1-3-20(16-7-5-4-6-13(16)2)11-10-17(21)15-9-8-14(18)12-19-15/h4-9,12H,3,10-11H2,1-2H3. The maximum absolute atomic E-state index is 12.8. The van der Waals surface area contributed by atoms with Gasteiger partial charge in [-0.2, -0.15) is 0 Å². The molecule has 3 nitrogen and oxygen atoms in total. The van der Waals surface area contributed by atoms with Crippen molar-refractivity contribution in [1.82, 2.24) is 4.98 Å². The normalized spacial score (nSPS) is 10.4. The van der Waals surface area contributed by atoms with Crippen LogP contribution in [0.2, 0.25) is 0 Å². The van der Waals surface area contributed by atoms with Gasteiger partial charge in [-0.3, -0.25) is 9.78 Å². The molecule has 1 heterocycles. The first-order valence-corrected chi connectivity index (χ1v) is 7.07. The number of rotatable bonds is 6. The SMILES string of the molecule is CCN(CCC(=O)c1ccc(F)cn1)c1ccccc1C. The van der Waals surface area contributed by atoms with Crippen LogP contribution in [0.15, 0.2) is 42.6 Å². The Bertz CT molecular complexity index is 610. The van der Waals surface area contributed by atoms with Gasteiger partial charge in [0.1, 0.15) is 11.5 Å². The lowest BCUT2D eigenvalue weighted by atomic mass is 10.1. The van der Waals surface area contributed by atoms with Crippen LogP contribution >= 0.6 is 0 Å². The number of carbonyl (C=O) groups is 1. The fraction of sp³-hybridized carbons (Fsp3) is 0.294. The molecule has 1 aromatic heterocycles. The van der Waals surface area contributed by atoms with Crippen molar-refractivity contribution in [3.05, 3.63) is 59.7 Å². The minimum Gasteiger partial charge on any atom is -0.371 e. The number of ketones is 1. The number of aryl methyl sites for hydroxylation is 1. The first kappa shape index (κ1) is 15.2. The van der Waals surface area contributed by atoms with Crippen LogP contribution in [0, 0.1) is 12.7 Å². The van der Waals surface area contributed by atoms with Crippen LogP contribution in [-0.2, 0) is 0 Å². The zero-order valence-electron chi connectivity index (χ0n) is 12.3. The van der Waals surface area contributed by atoms with Gasteiger partial charge in [-0.1, -0.05) is 18.2 Å². The number of aromatic nitrogens is 1. The van der Waals surface area contributed by atoms with E-state index in [-0.39, 0.29) is 5.78 Å². The van der Waals surface area contributed by atoms with E-state index < -0.39 is 5.82 Å². The Morgan fingerprint density at radius 2 is 2.00 bits per heavy atom. The number of pyridine rings is 1. The van der Waals surface area contributed by atoms with Crippen LogP contribution in [0.1, 0.15) is 29.4 Å². The summed E-state index contributed by atoms with van der Waals surface area (Å²) in [4.78, 5) is 18.1. The van der Waals surface area contributed by atoms with Crippen molar-refractivity contribution < 1.29 is 9.18 Å². The Kier molecular flexibility index (Phi) is 5.04. The fourth-order valence-corrected chi connectivity index (χ4v) is 2.27. The molecule has 2 aromatic rings. The number of anilines is 1. The van der Waals surface area contributed by atoms with E-state index in [0.29, 0.717) is 18.7 Å². The highest BCUT2D eigenvalue weighted by molar-refractivity contribution is 5.94. The Morgan fingerprint density at radius 3 is 2.62 bits per heavy atom. The molecule has 0 aliphatic rings. The Hall–Kier alpha value is -2.23. The van der Waals surface area contributed by atoms with Crippen molar-refractivity contribution in [3.63, 3.8) is 0 Å². The van der Waals surface area contributed by atoms with Crippen LogP contribution in [0.5, 0.6) is 0 Å². The van der Waals surface area contributed by atoms with Crippen molar-refractivity contribution in [3.8, 4) is 0 Å². The molecule has 0 bridgehead atoms. The van der Waals surface area contributed by atoms with Gasteiger partial charge in [-0.25, -0.2) is 4.39 Å². The highest BCUT2D eigenvalue weighted by Gasteiger charge is 2.12. The summed E-state index contributed by atoms with van der Waals surface area (Å²) in [6.45, 7) is 5.57. The largest absolute Gasteiger partial charge is 0.371 e. The lowest BCUT2D eigenvalue weighted by Gasteiger charge is -2.24. The van der Waals surface area contributed by atoms with Gasteiger partial charge in [-0.05, 0) is 37.6 Å². The molecule has 0 fully saturated rings. The lowest BCUT2D eigenvalue weighted by molar-refractivity contribution is 0.0980. The second-order valence-corrected chi connectivity index (χ2v) is 4.90. The van der Waals surface area contributed by atoms with Crippen molar-refractivity contribution in [1.29, 1.82) is 0 Å². The molecule has 0 atom stereocenters. The Morgan fingerprint density at radius 1 is 1.24 bits per heavy atom. The highest BCUT2D eigenvalue weighted by atomic mass is 19.1. The fourth-order valence-electron chi connectivity index (χ4n) is 2.27. The van der Waals surface area contributed by atoms with Gasteiger partial charge in [0, 0.05) is 25.2 Å². The molecule has 4 heteroatoms. The van der Waals surface area contributed by atoms with Crippen LogP contribution in [-0.4, -0.2) is 23.9 Å². The number of hydrogen-bond acceptors (Lipinski definition) is 3. The summed E-state index contributed by atoms with van der Waals surface area (Å²) in [5.74, 6) is -0.497.